The Hall–Kier alpha value is -2.37. The summed E-state index contributed by atoms with van der Waals surface area (Å²) < 4.78 is 0. The zero-order valence-electron chi connectivity index (χ0n) is 17.3. The Morgan fingerprint density at radius 2 is 1.50 bits per heavy atom. The predicted molar refractivity (Wildman–Crippen MR) is 110 cm³/mol. The molecule has 28 heavy (non-hydrogen) atoms. The number of benzene rings is 1. The lowest BCUT2D eigenvalue weighted by molar-refractivity contribution is -0.142. The van der Waals surface area contributed by atoms with E-state index in [-0.39, 0.29) is 29.6 Å². The number of nitrogens with one attached hydrogen (secondary N) is 2. The summed E-state index contributed by atoms with van der Waals surface area (Å²) in [6.45, 7) is 8.94. The van der Waals surface area contributed by atoms with Crippen LogP contribution in [-0.4, -0.2) is 35.7 Å². The Balaban J connectivity index is 1.57. The van der Waals surface area contributed by atoms with Crippen LogP contribution < -0.4 is 10.6 Å². The molecule has 0 radical (unpaired) electrons. The first-order valence-corrected chi connectivity index (χ1v) is 10.2. The smallest absolute Gasteiger partial charge is 0.227 e. The fourth-order valence-corrected chi connectivity index (χ4v) is 3.48. The molecule has 0 bridgehead atoms. The second kappa shape index (κ2) is 7.94. The molecule has 3 rings (SSSR count). The van der Waals surface area contributed by atoms with Gasteiger partial charge < -0.3 is 15.5 Å². The van der Waals surface area contributed by atoms with E-state index in [1.807, 2.05) is 50.8 Å². The van der Waals surface area contributed by atoms with Gasteiger partial charge in [0.15, 0.2) is 0 Å². The van der Waals surface area contributed by atoms with Gasteiger partial charge in [-0.05, 0) is 50.3 Å². The maximum Gasteiger partial charge on any atom is 0.227 e. The summed E-state index contributed by atoms with van der Waals surface area (Å²) in [5.74, 6) is 0.211. The van der Waals surface area contributed by atoms with Crippen LogP contribution in [0.25, 0.3) is 0 Å². The van der Waals surface area contributed by atoms with E-state index in [4.69, 9.17) is 0 Å². The monoisotopic (exact) mass is 385 g/mol. The standard InChI is InChI=1S/C22H31N3O3/c1-14-5-8-17(23-19(26)15-6-7-15)13-18(14)24-20(27)16-9-11-25(12-10-16)21(28)22(2,3)4/h5,8,13,15-16H,6-7,9-12H2,1-4H3,(H,23,26)(H,24,27). The van der Waals surface area contributed by atoms with Crippen LogP contribution in [0.1, 0.15) is 52.0 Å². The molecule has 0 atom stereocenters. The molecule has 1 aromatic carbocycles. The third kappa shape index (κ3) is 4.91. The first kappa shape index (κ1) is 20.4. The highest BCUT2D eigenvalue weighted by Crippen LogP contribution is 2.31. The van der Waals surface area contributed by atoms with Crippen molar-refractivity contribution in [1.29, 1.82) is 0 Å². The quantitative estimate of drug-likeness (QED) is 0.832. The van der Waals surface area contributed by atoms with Gasteiger partial charge in [-0.1, -0.05) is 26.8 Å². The lowest BCUT2D eigenvalue weighted by Gasteiger charge is -2.35. The van der Waals surface area contributed by atoms with Crippen LogP contribution in [0.4, 0.5) is 11.4 Å². The molecular weight excluding hydrogens is 354 g/mol. The number of piperidine rings is 1. The van der Waals surface area contributed by atoms with Gasteiger partial charge in [-0.15, -0.1) is 0 Å². The van der Waals surface area contributed by atoms with Crippen LogP contribution in [0, 0.1) is 24.2 Å². The largest absolute Gasteiger partial charge is 0.342 e. The van der Waals surface area contributed by atoms with Gasteiger partial charge in [0.2, 0.25) is 17.7 Å². The van der Waals surface area contributed by atoms with Gasteiger partial charge in [-0.25, -0.2) is 0 Å². The first-order valence-electron chi connectivity index (χ1n) is 10.2. The number of amides is 3. The van der Waals surface area contributed by atoms with E-state index in [1.54, 1.807) is 0 Å². The van der Waals surface area contributed by atoms with E-state index in [9.17, 15) is 14.4 Å². The molecule has 2 N–H and O–H groups in total. The summed E-state index contributed by atoms with van der Waals surface area (Å²) in [7, 11) is 0. The topological polar surface area (TPSA) is 78.5 Å². The Morgan fingerprint density at radius 1 is 0.929 bits per heavy atom. The molecule has 6 heteroatoms. The predicted octanol–water partition coefficient (Wildman–Crippen LogP) is 3.57. The van der Waals surface area contributed by atoms with E-state index >= 15 is 0 Å². The fourth-order valence-electron chi connectivity index (χ4n) is 3.48. The second-order valence-corrected chi connectivity index (χ2v) is 9.10. The molecule has 2 fully saturated rings. The number of likely N-dealkylation sites (tertiary alicyclic amines) is 1. The van der Waals surface area contributed by atoms with Crippen molar-refractivity contribution in [2.45, 2.75) is 53.4 Å². The average Bonchev–Trinajstić information content (AvgIpc) is 3.48. The van der Waals surface area contributed by atoms with Gasteiger partial charge in [0, 0.05) is 41.7 Å². The summed E-state index contributed by atoms with van der Waals surface area (Å²) in [5, 5.41) is 5.94. The molecule has 1 aliphatic carbocycles. The third-order valence-corrected chi connectivity index (χ3v) is 5.51. The lowest BCUT2D eigenvalue weighted by atomic mass is 9.90. The second-order valence-electron chi connectivity index (χ2n) is 9.10. The SMILES string of the molecule is Cc1ccc(NC(=O)C2CC2)cc1NC(=O)C1CCN(C(=O)C(C)(C)C)CC1. The van der Waals surface area contributed by atoms with Gasteiger partial charge in [-0.3, -0.25) is 14.4 Å². The van der Waals surface area contributed by atoms with E-state index in [0.717, 1.165) is 24.1 Å². The van der Waals surface area contributed by atoms with Crippen molar-refractivity contribution in [2.75, 3.05) is 23.7 Å². The number of carbonyl (C=O) groups is 3. The lowest BCUT2D eigenvalue weighted by Crippen LogP contribution is -2.45. The van der Waals surface area contributed by atoms with Gasteiger partial charge >= 0.3 is 0 Å². The number of aryl methyl sites for hydroxylation is 1. The molecule has 0 aromatic heterocycles. The maximum atomic E-state index is 12.7. The Bertz CT molecular complexity index is 770. The van der Waals surface area contributed by atoms with E-state index < -0.39 is 5.41 Å². The van der Waals surface area contributed by atoms with Crippen molar-refractivity contribution in [1.82, 2.24) is 4.90 Å². The minimum Gasteiger partial charge on any atom is -0.342 e. The average molecular weight is 386 g/mol. The number of nitrogens with zero attached hydrogens (tertiary/aromatic N) is 1. The molecule has 1 aromatic rings. The summed E-state index contributed by atoms with van der Waals surface area (Å²) in [5.41, 5.74) is 2.01. The highest BCUT2D eigenvalue weighted by atomic mass is 16.2. The van der Waals surface area contributed by atoms with Crippen LogP contribution in [-0.2, 0) is 14.4 Å². The molecule has 1 saturated heterocycles. The fraction of sp³-hybridized carbons (Fsp3) is 0.591. The Morgan fingerprint density at radius 3 is 2.07 bits per heavy atom. The van der Waals surface area contributed by atoms with Crippen molar-refractivity contribution < 1.29 is 14.4 Å². The maximum absolute atomic E-state index is 12.7. The van der Waals surface area contributed by atoms with Gasteiger partial charge in [0.1, 0.15) is 0 Å². The molecule has 1 heterocycles. The molecule has 0 unspecified atom stereocenters. The number of hydrogen-bond acceptors (Lipinski definition) is 3. The van der Waals surface area contributed by atoms with Crippen LogP contribution in [0.3, 0.4) is 0 Å². The summed E-state index contributed by atoms with van der Waals surface area (Å²) in [6.07, 6.45) is 3.25. The minimum atomic E-state index is -0.391. The van der Waals surface area contributed by atoms with E-state index in [0.29, 0.717) is 31.6 Å². The summed E-state index contributed by atoms with van der Waals surface area (Å²) in [6, 6.07) is 5.59. The third-order valence-electron chi connectivity index (χ3n) is 5.51. The zero-order valence-corrected chi connectivity index (χ0v) is 17.3. The Kier molecular flexibility index (Phi) is 5.77. The molecule has 6 nitrogen and oxygen atoms in total. The molecular formula is C22H31N3O3. The van der Waals surface area contributed by atoms with Crippen molar-refractivity contribution in [3.63, 3.8) is 0 Å². The van der Waals surface area contributed by atoms with Gasteiger partial charge in [-0.2, -0.15) is 0 Å². The number of anilines is 2. The molecule has 0 spiro atoms. The minimum absolute atomic E-state index is 0.0170. The number of carbonyl (C=O) groups excluding carboxylic acids is 3. The first-order chi connectivity index (χ1) is 13.1. The highest BCUT2D eigenvalue weighted by molar-refractivity contribution is 5.97. The van der Waals surface area contributed by atoms with Crippen molar-refractivity contribution in [3.8, 4) is 0 Å². The van der Waals surface area contributed by atoms with Crippen molar-refractivity contribution in [2.24, 2.45) is 17.3 Å². The van der Waals surface area contributed by atoms with E-state index in [2.05, 4.69) is 10.6 Å². The van der Waals surface area contributed by atoms with Gasteiger partial charge in [0.05, 0.1) is 0 Å². The molecule has 3 amide bonds. The van der Waals surface area contributed by atoms with Crippen molar-refractivity contribution in [3.05, 3.63) is 23.8 Å². The van der Waals surface area contributed by atoms with E-state index in [1.165, 1.54) is 0 Å². The summed E-state index contributed by atoms with van der Waals surface area (Å²) in [4.78, 5) is 39.0. The van der Waals surface area contributed by atoms with Crippen LogP contribution in [0.2, 0.25) is 0 Å². The molecule has 2 aliphatic rings. The molecule has 1 aliphatic heterocycles. The summed E-state index contributed by atoms with van der Waals surface area (Å²) >= 11 is 0. The Labute approximate surface area is 167 Å². The highest BCUT2D eigenvalue weighted by Gasteiger charge is 2.32. The number of hydrogen-bond donors (Lipinski definition) is 2. The van der Waals surface area contributed by atoms with Crippen molar-refractivity contribution >= 4 is 29.1 Å². The molecule has 1 saturated carbocycles. The molecule has 152 valence electrons. The van der Waals surface area contributed by atoms with Crippen LogP contribution in [0.15, 0.2) is 18.2 Å². The van der Waals surface area contributed by atoms with Crippen LogP contribution in [0.5, 0.6) is 0 Å². The van der Waals surface area contributed by atoms with Gasteiger partial charge in [0.25, 0.3) is 0 Å². The number of rotatable bonds is 4. The zero-order chi connectivity index (χ0) is 20.5. The normalized spacial score (nSPS) is 17.9. The van der Waals surface area contributed by atoms with Crippen LogP contribution >= 0.6 is 0 Å².